The number of ether oxygens (including phenoxy) is 1. The fourth-order valence-electron chi connectivity index (χ4n) is 1.40. The van der Waals surface area contributed by atoms with Gasteiger partial charge >= 0.3 is 10.3 Å². The fraction of sp³-hybridized carbons (Fsp3) is 1.00. The van der Waals surface area contributed by atoms with Crippen LogP contribution in [0.1, 0.15) is 0 Å². The van der Waals surface area contributed by atoms with Gasteiger partial charge in [-0.2, -0.15) is 13.1 Å². The van der Waals surface area contributed by atoms with Crippen LogP contribution in [0.4, 0.5) is 0 Å². The van der Waals surface area contributed by atoms with Gasteiger partial charge in [0.1, 0.15) is 24.4 Å². The first kappa shape index (κ1) is 13.7. The van der Waals surface area contributed by atoms with Crippen LogP contribution in [0, 0.1) is 0 Å². The van der Waals surface area contributed by atoms with E-state index in [1.807, 2.05) is 0 Å². The summed E-state index contributed by atoms with van der Waals surface area (Å²) < 4.78 is 35.6. The van der Waals surface area contributed by atoms with E-state index in [0.717, 1.165) is 0 Å². The van der Waals surface area contributed by atoms with Crippen LogP contribution in [0.3, 0.4) is 0 Å². The van der Waals surface area contributed by atoms with Gasteiger partial charge in [0.2, 0.25) is 0 Å². The Balaban J connectivity index is 2.80. The summed E-state index contributed by atoms with van der Waals surface area (Å²) in [7, 11) is -4.66. The number of rotatable bonds is 3. The molecule has 5 atom stereocenters. The summed E-state index contributed by atoms with van der Waals surface area (Å²) in [5.41, 5.74) is 0. The van der Waals surface area contributed by atoms with Gasteiger partial charge in [-0.15, -0.1) is 0 Å². The van der Waals surface area contributed by atoms with Gasteiger partial charge < -0.3 is 25.2 Å². The number of nitrogens with one attached hydrogen (secondary N) is 1. The first-order valence-corrected chi connectivity index (χ1v) is 5.75. The van der Waals surface area contributed by atoms with Crippen LogP contribution in [0.25, 0.3) is 0 Å². The first-order valence-electron chi connectivity index (χ1n) is 4.31. The molecule has 96 valence electrons. The average Bonchev–Trinajstić information content (AvgIpc) is 2.17. The quantitative estimate of drug-likeness (QED) is 0.281. The van der Waals surface area contributed by atoms with Gasteiger partial charge in [-0.05, 0) is 0 Å². The van der Waals surface area contributed by atoms with Gasteiger partial charge in [-0.1, -0.05) is 0 Å². The zero-order valence-electron chi connectivity index (χ0n) is 7.96. The van der Waals surface area contributed by atoms with E-state index >= 15 is 0 Å². The molecule has 0 radical (unpaired) electrons. The second-order valence-corrected chi connectivity index (χ2v) is 4.53. The lowest BCUT2D eigenvalue weighted by Crippen LogP contribution is -2.64. The Bertz CT molecular complexity index is 331. The molecule has 10 heteroatoms. The molecule has 6 N–H and O–H groups in total. The number of hydrogen-bond acceptors (Lipinski definition) is 7. The highest BCUT2D eigenvalue weighted by atomic mass is 32.2. The molecule has 0 aromatic heterocycles. The lowest BCUT2D eigenvalue weighted by Gasteiger charge is -2.39. The third-order valence-electron chi connectivity index (χ3n) is 2.19. The van der Waals surface area contributed by atoms with Gasteiger partial charge in [-0.25, -0.2) is 0 Å². The number of hydrogen-bond donors (Lipinski definition) is 6. The summed E-state index contributed by atoms with van der Waals surface area (Å²) in [5, 5.41) is 36.8. The molecule has 1 aliphatic rings. The maximum Gasteiger partial charge on any atom is 0.333 e. The summed E-state index contributed by atoms with van der Waals surface area (Å²) in [5.74, 6) is 0. The van der Waals surface area contributed by atoms with E-state index < -0.39 is 47.6 Å². The first-order chi connectivity index (χ1) is 7.26. The molecule has 0 bridgehead atoms. The van der Waals surface area contributed by atoms with E-state index in [1.54, 1.807) is 0 Å². The van der Waals surface area contributed by atoms with Gasteiger partial charge in [0.15, 0.2) is 6.29 Å². The lowest BCUT2D eigenvalue weighted by atomic mass is 9.98. The van der Waals surface area contributed by atoms with Crippen molar-refractivity contribution in [3.05, 3.63) is 0 Å². The molecular weight excluding hydrogens is 246 g/mol. The highest BCUT2D eigenvalue weighted by Crippen LogP contribution is 2.19. The lowest BCUT2D eigenvalue weighted by molar-refractivity contribution is -0.251. The fourth-order valence-corrected chi connectivity index (χ4v) is 2.00. The van der Waals surface area contributed by atoms with Crippen LogP contribution < -0.4 is 4.72 Å². The average molecular weight is 259 g/mol. The predicted octanol–water partition coefficient (Wildman–Crippen LogP) is -3.82. The number of aliphatic hydroxyl groups excluding tert-OH is 4. The van der Waals surface area contributed by atoms with E-state index in [0.29, 0.717) is 0 Å². The zero-order chi connectivity index (χ0) is 12.5. The Labute approximate surface area is 91.2 Å². The van der Waals surface area contributed by atoms with Gasteiger partial charge in [0.05, 0.1) is 6.61 Å². The Morgan fingerprint density at radius 3 is 2.19 bits per heavy atom. The standard InChI is InChI=1S/C6H13NO8S/c8-1-2-4(9)5(10)3(6(11)15-2)7-16(12,13)14/h2-11H,1H2,(H,12,13,14)/t2-,3-,4+,5-,6+/m1/s1. The Hall–Kier alpha value is -0.330. The molecule has 0 aromatic carbocycles. The molecule has 1 aliphatic heterocycles. The Kier molecular flexibility index (Phi) is 4.20. The largest absolute Gasteiger partial charge is 0.394 e. The highest BCUT2D eigenvalue weighted by molar-refractivity contribution is 7.83. The normalized spacial score (nSPS) is 40.9. The molecule has 0 amide bonds. The van der Waals surface area contributed by atoms with Crippen molar-refractivity contribution >= 4 is 10.3 Å². The topological polar surface area (TPSA) is 157 Å². The molecule has 0 unspecified atom stereocenters. The minimum Gasteiger partial charge on any atom is -0.394 e. The molecule has 16 heavy (non-hydrogen) atoms. The Morgan fingerprint density at radius 2 is 1.75 bits per heavy atom. The molecule has 1 heterocycles. The predicted molar refractivity (Wildman–Crippen MR) is 48.5 cm³/mol. The molecule has 0 aromatic rings. The van der Waals surface area contributed by atoms with Crippen molar-refractivity contribution in [2.75, 3.05) is 6.61 Å². The van der Waals surface area contributed by atoms with Crippen molar-refractivity contribution in [2.45, 2.75) is 30.6 Å². The highest BCUT2D eigenvalue weighted by Gasteiger charge is 2.44. The zero-order valence-corrected chi connectivity index (χ0v) is 8.78. The summed E-state index contributed by atoms with van der Waals surface area (Å²) in [6.45, 7) is -0.659. The monoisotopic (exact) mass is 259 g/mol. The molecule has 9 nitrogen and oxygen atoms in total. The minimum atomic E-state index is -4.66. The molecule has 0 aliphatic carbocycles. The molecule has 1 fully saturated rings. The van der Waals surface area contributed by atoms with E-state index in [4.69, 9.17) is 9.66 Å². The van der Waals surface area contributed by atoms with Crippen molar-refractivity contribution in [2.24, 2.45) is 0 Å². The van der Waals surface area contributed by atoms with Crippen LogP contribution in [0.5, 0.6) is 0 Å². The van der Waals surface area contributed by atoms with Gasteiger partial charge in [0.25, 0.3) is 0 Å². The Morgan fingerprint density at radius 1 is 1.19 bits per heavy atom. The van der Waals surface area contributed by atoms with Crippen molar-refractivity contribution in [3.8, 4) is 0 Å². The minimum absolute atomic E-state index is 0.659. The second kappa shape index (κ2) is 4.89. The van der Waals surface area contributed by atoms with Crippen LogP contribution in [0.15, 0.2) is 0 Å². The van der Waals surface area contributed by atoms with Crippen LogP contribution in [-0.2, 0) is 15.0 Å². The van der Waals surface area contributed by atoms with E-state index in [2.05, 4.69) is 4.74 Å². The summed E-state index contributed by atoms with van der Waals surface area (Å²) in [6.07, 6.45) is -6.34. The maximum absolute atomic E-state index is 10.5. The van der Waals surface area contributed by atoms with Crippen molar-refractivity contribution in [1.29, 1.82) is 0 Å². The third-order valence-corrected chi connectivity index (χ3v) is 2.76. The van der Waals surface area contributed by atoms with E-state index in [-0.39, 0.29) is 0 Å². The summed E-state index contributed by atoms with van der Waals surface area (Å²) >= 11 is 0. The van der Waals surface area contributed by atoms with E-state index in [9.17, 15) is 23.7 Å². The van der Waals surface area contributed by atoms with Gasteiger partial charge in [0, 0.05) is 0 Å². The molecule has 0 spiro atoms. The van der Waals surface area contributed by atoms with Crippen molar-refractivity contribution in [1.82, 2.24) is 4.72 Å². The van der Waals surface area contributed by atoms with Gasteiger partial charge in [-0.3, -0.25) is 4.55 Å². The van der Waals surface area contributed by atoms with Crippen molar-refractivity contribution in [3.63, 3.8) is 0 Å². The van der Waals surface area contributed by atoms with Crippen LogP contribution >= 0.6 is 0 Å². The third kappa shape index (κ3) is 3.09. The SMILES string of the molecule is O=S(=O)(O)N[C@@H]1[C@@H](O)[C@@H](O)[C@@H](CO)O[C@@H]1O. The molecule has 1 saturated heterocycles. The molecular formula is C6H13NO8S. The van der Waals surface area contributed by atoms with Crippen molar-refractivity contribution < 1.29 is 38.1 Å². The smallest absolute Gasteiger partial charge is 0.333 e. The van der Waals surface area contributed by atoms with Crippen LogP contribution in [-0.4, -0.2) is 70.6 Å². The maximum atomic E-state index is 10.5. The number of aliphatic hydroxyl groups is 4. The second-order valence-electron chi connectivity index (χ2n) is 3.35. The van der Waals surface area contributed by atoms with E-state index in [1.165, 1.54) is 4.72 Å². The van der Waals surface area contributed by atoms with Crippen LogP contribution in [0.2, 0.25) is 0 Å². The summed E-state index contributed by atoms with van der Waals surface area (Å²) in [4.78, 5) is 0. The summed E-state index contributed by atoms with van der Waals surface area (Å²) in [6, 6.07) is -1.62. The molecule has 1 rings (SSSR count). The molecule has 0 saturated carbocycles.